The molecule has 1 rings (SSSR count). The Kier molecular flexibility index (Phi) is 17.9. The molecule has 0 unspecified atom stereocenters. The topological polar surface area (TPSA) is 35.8 Å². The predicted molar refractivity (Wildman–Crippen MR) is 67.8 cm³/mol. The highest BCUT2D eigenvalue weighted by molar-refractivity contribution is 4.74. The van der Waals surface area contributed by atoms with E-state index in [2.05, 4.69) is 11.4 Å². The van der Waals surface area contributed by atoms with Crippen LogP contribution in [0.3, 0.4) is 0 Å². The Morgan fingerprint density at radius 3 is 2.00 bits per heavy atom. The van der Waals surface area contributed by atoms with Crippen LogP contribution in [0.15, 0.2) is 0 Å². The number of hydrogen-bond donors (Lipinski definition) is 1. The molecule has 15 heavy (non-hydrogen) atoms. The number of nitrogens with zero attached hydrogens (tertiary/aromatic N) is 1. The lowest BCUT2D eigenvalue weighted by atomic mass is 9.86. The summed E-state index contributed by atoms with van der Waals surface area (Å²) in [6.45, 7) is 4.00. The molecule has 1 aliphatic carbocycles. The van der Waals surface area contributed by atoms with Gasteiger partial charge < -0.3 is 5.32 Å². The van der Waals surface area contributed by atoms with Crippen LogP contribution in [-0.4, -0.2) is 14.1 Å². The van der Waals surface area contributed by atoms with E-state index in [1.54, 1.807) is 0 Å². The molecule has 0 bridgehead atoms. The number of nitriles is 1. The molecule has 0 saturated heterocycles. The molecule has 0 atom stereocenters. The van der Waals surface area contributed by atoms with Crippen LogP contribution in [-0.2, 0) is 0 Å². The first-order chi connectivity index (χ1) is 7.35. The van der Waals surface area contributed by atoms with Gasteiger partial charge in [-0.2, -0.15) is 5.26 Å². The summed E-state index contributed by atoms with van der Waals surface area (Å²) in [7, 11) is 3.75. The van der Waals surface area contributed by atoms with Crippen LogP contribution in [0.25, 0.3) is 0 Å². The molecule has 90 valence electrons. The minimum absolute atomic E-state index is 0.769. The second kappa shape index (κ2) is 15.9. The lowest BCUT2D eigenvalue weighted by Gasteiger charge is -2.19. The van der Waals surface area contributed by atoms with Gasteiger partial charge in [0, 0.05) is 6.42 Å². The highest BCUT2D eigenvalue weighted by Gasteiger charge is 2.11. The lowest BCUT2D eigenvalue weighted by molar-refractivity contribution is 0.342. The highest BCUT2D eigenvalue weighted by atomic mass is 14.7. The van der Waals surface area contributed by atoms with Gasteiger partial charge in [0.15, 0.2) is 0 Å². The number of nitrogens with one attached hydrogen (secondary N) is 1. The third-order valence-electron chi connectivity index (χ3n) is 2.39. The van der Waals surface area contributed by atoms with Crippen molar-refractivity contribution in [1.29, 1.82) is 5.26 Å². The van der Waals surface area contributed by atoms with Crippen molar-refractivity contribution in [3.05, 3.63) is 0 Å². The summed E-state index contributed by atoms with van der Waals surface area (Å²) >= 11 is 0. The molecule has 1 aliphatic rings. The highest BCUT2D eigenvalue weighted by Crippen LogP contribution is 2.26. The van der Waals surface area contributed by atoms with Crippen molar-refractivity contribution in [2.45, 2.75) is 58.8 Å². The first-order valence-electron chi connectivity index (χ1n) is 6.30. The van der Waals surface area contributed by atoms with Gasteiger partial charge in [-0.3, -0.25) is 0 Å². The van der Waals surface area contributed by atoms with Crippen LogP contribution in [0, 0.1) is 17.2 Å². The molecule has 0 aromatic carbocycles. The van der Waals surface area contributed by atoms with E-state index >= 15 is 0 Å². The monoisotopic (exact) mass is 212 g/mol. The summed E-state index contributed by atoms with van der Waals surface area (Å²) < 4.78 is 0. The molecule has 2 nitrogen and oxygen atoms in total. The van der Waals surface area contributed by atoms with Crippen LogP contribution in [0.2, 0.25) is 0 Å². The van der Waals surface area contributed by atoms with Gasteiger partial charge >= 0.3 is 0 Å². The van der Waals surface area contributed by atoms with E-state index in [1.807, 2.05) is 27.9 Å². The van der Waals surface area contributed by atoms with E-state index in [0.29, 0.717) is 0 Å². The minimum Gasteiger partial charge on any atom is -0.323 e. The Bertz CT molecular complexity index is 132. The van der Waals surface area contributed by atoms with Crippen molar-refractivity contribution in [2.75, 3.05) is 14.1 Å². The molecular formula is C13H28N2. The normalized spacial score (nSPS) is 15.1. The smallest absolute Gasteiger partial charge is 0.0621 e. The Morgan fingerprint density at radius 2 is 1.60 bits per heavy atom. The molecule has 0 aromatic heterocycles. The summed E-state index contributed by atoms with van der Waals surface area (Å²) in [6, 6.07) is 2.21. The summed E-state index contributed by atoms with van der Waals surface area (Å²) in [6.07, 6.45) is 8.89. The zero-order chi connectivity index (χ0) is 11.9. The first-order valence-corrected chi connectivity index (χ1v) is 6.30. The van der Waals surface area contributed by atoms with Crippen molar-refractivity contribution >= 4 is 0 Å². The quantitative estimate of drug-likeness (QED) is 0.757. The molecule has 0 aliphatic heterocycles. The van der Waals surface area contributed by atoms with E-state index in [0.717, 1.165) is 18.8 Å². The van der Waals surface area contributed by atoms with Gasteiger partial charge in [0.05, 0.1) is 6.07 Å². The fraction of sp³-hybridized carbons (Fsp3) is 0.923. The van der Waals surface area contributed by atoms with Crippen LogP contribution >= 0.6 is 0 Å². The van der Waals surface area contributed by atoms with Crippen molar-refractivity contribution in [2.24, 2.45) is 5.92 Å². The maximum atomic E-state index is 8.35. The second-order valence-corrected chi connectivity index (χ2v) is 3.70. The van der Waals surface area contributed by atoms with Crippen molar-refractivity contribution in [3.63, 3.8) is 0 Å². The van der Waals surface area contributed by atoms with Crippen molar-refractivity contribution in [1.82, 2.24) is 5.32 Å². The third-order valence-corrected chi connectivity index (χ3v) is 2.39. The zero-order valence-electron chi connectivity index (χ0n) is 11.0. The molecule has 1 N–H and O–H groups in total. The molecule has 0 heterocycles. The maximum absolute atomic E-state index is 8.35. The van der Waals surface area contributed by atoms with Gasteiger partial charge in [0.1, 0.15) is 0 Å². The van der Waals surface area contributed by atoms with E-state index in [9.17, 15) is 0 Å². The largest absolute Gasteiger partial charge is 0.323 e. The number of hydrogen-bond acceptors (Lipinski definition) is 2. The third kappa shape index (κ3) is 13.4. The molecule has 2 heteroatoms. The van der Waals surface area contributed by atoms with E-state index < -0.39 is 0 Å². The molecule has 1 fully saturated rings. The fourth-order valence-electron chi connectivity index (χ4n) is 1.74. The lowest BCUT2D eigenvalue weighted by Crippen LogP contribution is -2.05. The van der Waals surface area contributed by atoms with Crippen molar-refractivity contribution < 1.29 is 0 Å². The fourth-order valence-corrected chi connectivity index (χ4v) is 1.74. The Balaban J connectivity index is 0. The molecule has 0 aromatic rings. The summed E-state index contributed by atoms with van der Waals surface area (Å²) in [5.41, 5.74) is 0. The van der Waals surface area contributed by atoms with Gasteiger partial charge in [0.2, 0.25) is 0 Å². The maximum Gasteiger partial charge on any atom is 0.0621 e. The summed E-state index contributed by atoms with van der Waals surface area (Å²) in [5.74, 6) is 0.883. The van der Waals surface area contributed by atoms with E-state index in [4.69, 9.17) is 5.26 Å². The average molecular weight is 212 g/mol. The predicted octanol–water partition coefficient (Wildman–Crippen LogP) is 3.73. The van der Waals surface area contributed by atoms with Crippen molar-refractivity contribution in [3.8, 4) is 6.07 Å². The standard InChI is InChI=1S/C9H15N.C2H7N.C2H6/c10-8-4-7-9-5-2-1-3-6-9;1-3-2;1-2/h9H,1-7H2;3H,1-2H3;1-2H3. The summed E-state index contributed by atoms with van der Waals surface area (Å²) in [5, 5.41) is 11.1. The van der Waals surface area contributed by atoms with Crippen LogP contribution < -0.4 is 5.32 Å². The Labute approximate surface area is 96.1 Å². The summed E-state index contributed by atoms with van der Waals surface area (Å²) in [4.78, 5) is 0. The molecule has 0 amide bonds. The molecule has 0 spiro atoms. The first kappa shape index (κ1) is 16.9. The van der Waals surface area contributed by atoms with E-state index in [-0.39, 0.29) is 0 Å². The molecule has 0 radical (unpaired) electrons. The SMILES string of the molecule is CC.CNC.N#CCCC1CCCCC1. The van der Waals surface area contributed by atoms with Crippen LogP contribution in [0.4, 0.5) is 0 Å². The van der Waals surface area contributed by atoms with E-state index in [1.165, 1.54) is 32.1 Å². The molecular weight excluding hydrogens is 184 g/mol. The Morgan fingerprint density at radius 1 is 1.13 bits per heavy atom. The van der Waals surface area contributed by atoms with Gasteiger partial charge in [0.25, 0.3) is 0 Å². The van der Waals surface area contributed by atoms with Gasteiger partial charge in [-0.1, -0.05) is 46.0 Å². The zero-order valence-corrected chi connectivity index (χ0v) is 11.0. The second-order valence-electron chi connectivity index (χ2n) is 3.70. The van der Waals surface area contributed by atoms with Gasteiger partial charge in [-0.15, -0.1) is 0 Å². The average Bonchev–Trinajstić information content (AvgIpc) is 2.31. The molecule has 1 saturated carbocycles. The van der Waals surface area contributed by atoms with Crippen LogP contribution in [0.5, 0.6) is 0 Å². The minimum atomic E-state index is 0.769. The Hall–Kier alpha value is -0.550. The van der Waals surface area contributed by atoms with Gasteiger partial charge in [-0.25, -0.2) is 0 Å². The van der Waals surface area contributed by atoms with Gasteiger partial charge in [-0.05, 0) is 26.4 Å². The van der Waals surface area contributed by atoms with Crippen LogP contribution in [0.1, 0.15) is 58.8 Å². The number of rotatable bonds is 2.